The Morgan fingerprint density at radius 1 is 1.08 bits per heavy atom. The van der Waals surface area contributed by atoms with Gasteiger partial charge in [-0.3, -0.25) is 4.99 Å². The van der Waals surface area contributed by atoms with Crippen LogP contribution in [0.2, 0.25) is 0 Å². The number of aliphatic imine (C=N–C) groups is 1. The zero-order valence-corrected chi connectivity index (χ0v) is 14.0. The molecule has 134 valence electrons. The number of nitrogens with zero attached hydrogens (tertiary/aromatic N) is 1. The molecule has 2 N–H and O–H groups in total. The minimum absolute atomic E-state index is 0.127. The fourth-order valence-corrected chi connectivity index (χ4v) is 2.24. The van der Waals surface area contributed by atoms with Crippen LogP contribution in [0, 0.1) is 12.7 Å². The molecule has 0 heterocycles. The smallest absolute Gasteiger partial charge is 0.387 e. The zero-order valence-electron chi connectivity index (χ0n) is 14.0. The number of nitrogens with one attached hydrogen (secondary N) is 2. The minimum atomic E-state index is -2.88. The average molecular weight is 351 g/mol. The third-order valence-electron chi connectivity index (χ3n) is 3.48. The van der Waals surface area contributed by atoms with Gasteiger partial charge in [0, 0.05) is 25.7 Å². The molecule has 2 aromatic rings. The van der Waals surface area contributed by atoms with Crippen molar-refractivity contribution in [1.82, 2.24) is 10.6 Å². The van der Waals surface area contributed by atoms with Gasteiger partial charge in [0.15, 0.2) is 5.96 Å². The molecule has 7 heteroatoms. The van der Waals surface area contributed by atoms with Gasteiger partial charge in [0.1, 0.15) is 11.6 Å². The molecule has 0 aliphatic rings. The number of benzene rings is 2. The van der Waals surface area contributed by atoms with Gasteiger partial charge in [-0.1, -0.05) is 29.8 Å². The van der Waals surface area contributed by atoms with E-state index in [1.807, 2.05) is 6.92 Å². The van der Waals surface area contributed by atoms with Crippen LogP contribution >= 0.6 is 0 Å². The number of aryl methyl sites for hydroxylation is 1. The number of rotatable bonds is 6. The van der Waals surface area contributed by atoms with Gasteiger partial charge < -0.3 is 15.4 Å². The molecule has 0 aliphatic carbocycles. The molecule has 0 amide bonds. The first-order chi connectivity index (χ1) is 12.0. The fraction of sp³-hybridized carbons (Fsp3) is 0.278. The van der Waals surface area contributed by atoms with E-state index < -0.39 is 6.61 Å². The summed E-state index contributed by atoms with van der Waals surface area (Å²) in [6, 6.07) is 11.1. The van der Waals surface area contributed by atoms with Gasteiger partial charge in [-0.15, -0.1) is 0 Å². The maximum Gasteiger partial charge on any atom is 0.387 e. The molecule has 0 saturated carbocycles. The quantitative estimate of drug-likeness (QED) is 0.617. The lowest BCUT2D eigenvalue weighted by Gasteiger charge is -2.15. The van der Waals surface area contributed by atoms with Gasteiger partial charge in [0.05, 0.1) is 0 Å². The number of alkyl halides is 2. The Bertz CT molecular complexity index is 718. The van der Waals surface area contributed by atoms with Crippen molar-refractivity contribution >= 4 is 5.96 Å². The summed E-state index contributed by atoms with van der Waals surface area (Å²) in [6.07, 6.45) is 0. The predicted molar refractivity (Wildman–Crippen MR) is 91.2 cm³/mol. The van der Waals surface area contributed by atoms with Crippen LogP contribution < -0.4 is 15.4 Å². The molecule has 0 aliphatic heterocycles. The van der Waals surface area contributed by atoms with Crippen LogP contribution in [0.5, 0.6) is 5.75 Å². The first kappa shape index (κ1) is 18.6. The highest BCUT2D eigenvalue weighted by Gasteiger charge is 2.10. The Kier molecular flexibility index (Phi) is 6.68. The highest BCUT2D eigenvalue weighted by Crippen LogP contribution is 2.21. The lowest BCUT2D eigenvalue weighted by atomic mass is 10.1. The topological polar surface area (TPSA) is 45.7 Å². The summed E-state index contributed by atoms with van der Waals surface area (Å²) in [4.78, 5) is 4.08. The van der Waals surface area contributed by atoms with Crippen LogP contribution in [0.25, 0.3) is 0 Å². The van der Waals surface area contributed by atoms with Crippen molar-refractivity contribution in [2.45, 2.75) is 26.6 Å². The van der Waals surface area contributed by atoms with E-state index >= 15 is 0 Å². The van der Waals surface area contributed by atoms with E-state index in [1.54, 1.807) is 31.3 Å². The highest BCUT2D eigenvalue weighted by atomic mass is 19.3. The number of guanidine groups is 1. The molecular formula is C18H20F3N3O. The summed E-state index contributed by atoms with van der Waals surface area (Å²) in [5.74, 6) is 0.327. The second kappa shape index (κ2) is 8.96. The van der Waals surface area contributed by atoms with E-state index in [0.717, 1.165) is 11.1 Å². The second-order valence-electron chi connectivity index (χ2n) is 5.40. The predicted octanol–water partition coefficient (Wildman–Crippen LogP) is 3.60. The Morgan fingerprint density at radius 2 is 1.76 bits per heavy atom. The molecule has 0 radical (unpaired) electrons. The molecule has 0 atom stereocenters. The first-order valence-electron chi connectivity index (χ1n) is 7.71. The van der Waals surface area contributed by atoms with Gasteiger partial charge >= 0.3 is 6.61 Å². The standard InChI is InChI=1S/C18H20F3N3O/c1-12-3-8-16(25-17(20)21)14(9-12)11-24-18(22-2)23-10-13-4-6-15(19)7-5-13/h3-9,17H,10-11H2,1-2H3,(H2,22,23,24). The average Bonchev–Trinajstić information content (AvgIpc) is 2.58. The second-order valence-corrected chi connectivity index (χ2v) is 5.40. The van der Waals surface area contributed by atoms with E-state index in [0.29, 0.717) is 18.1 Å². The SMILES string of the molecule is CN=C(NCc1ccc(F)cc1)NCc1cc(C)ccc1OC(F)F. The van der Waals surface area contributed by atoms with Crippen molar-refractivity contribution in [3.8, 4) is 5.75 Å². The van der Waals surface area contributed by atoms with Crippen LogP contribution in [-0.4, -0.2) is 19.6 Å². The van der Waals surface area contributed by atoms with Gasteiger partial charge in [-0.25, -0.2) is 4.39 Å². The van der Waals surface area contributed by atoms with Gasteiger partial charge in [-0.2, -0.15) is 8.78 Å². The number of ether oxygens (including phenoxy) is 1. The van der Waals surface area contributed by atoms with Crippen LogP contribution in [0.15, 0.2) is 47.5 Å². The third-order valence-corrected chi connectivity index (χ3v) is 3.48. The monoisotopic (exact) mass is 351 g/mol. The molecule has 0 bridgehead atoms. The van der Waals surface area contributed by atoms with E-state index in [2.05, 4.69) is 20.4 Å². The Morgan fingerprint density at radius 3 is 2.40 bits per heavy atom. The molecule has 0 saturated heterocycles. The maximum absolute atomic E-state index is 12.9. The lowest BCUT2D eigenvalue weighted by Crippen LogP contribution is -2.36. The maximum atomic E-state index is 12.9. The van der Waals surface area contributed by atoms with Crippen molar-refractivity contribution in [2.24, 2.45) is 4.99 Å². The number of hydrogen-bond acceptors (Lipinski definition) is 2. The lowest BCUT2D eigenvalue weighted by molar-refractivity contribution is -0.0504. The first-order valence-corrected chi connectivity index (χ1v) is 7.71. The molecule has 2 aromatic carbocycles. The van der Waals surface area contributed by atoms with Crippen molar-refractivity contribution in [2.75, 3.05) is 7.05 Å². The van der Waals surface area contributed by atoms with E-state index in [4.69, 9.17) is 0 Å². The summed E-state index contributed by atoms with van der Waals surface area (Å²) in [7, 11) is 1.60. The summed E-state index contributed by atoms with van der Waals surface area (Å²) >= 11 is 0. The largest absolute Gasteiger partial charge is 0.434 e. The highest BCUT2D eigenvalue weighted by molar-refractivity contribution is 5.79. The van der Waals surface area contributed by atoms with E-state index in [-0.39, 0.29) is 18.1 Å². The van der Waals surface area contributed by atoms with E-state index in [1.165, 1.54) is 18.2 Å². The summed E-state index contributed by atoms with van der Waals surface area (Å²) in [6.45, 7) is -0.282. The number of hydrogen-bond donors (Lipinski definition) is 2. The van der Waals surface area contributed by atoms with Crippen LogP contribution in [0.3, 0.4) is 0 Å². The molecule has 4 nitrogen and oxygen atoms in total. The third kappa shape index (κ3) is 6.02. The van der Waals surface area contributed by atoms with Crippen LogP contribution in [-0.2, 0) is 13.1 Å². The van der Waals surface area contributed by atoms with Gasteiger partial charge in [0.2, 0.25) is 0 Å². The molecule has 0 spiro atoms. The summed E-state index contributed by atoms with van der Waals surface area (Å²) in [5, 5.41) is 6.13. The zero-order chi connectivity index (χ0) is 18.2. The molecule has 25 heavy (non-hydrogen) atoms. The van der Waals surface area contributed by atoms with Crippen molar-refractivity contribution in [3.63, 3.8) is 0 Å². The van der Waals surface area contributed by atoms with Crippen molar-refractivity contribution in [1.29, 1.82) is 0 Å². The van der Waals surface area contributed by atoms with E-state index in [9.17, 15) is 13.2 Å². The Labute approximate surface area is 144 Å². The molecule has 0 aromatic heterocycles. The Balaban J connectivity index is 1.96. The van der Waals surface area contributed by atoms with Gasteiger partial charge in [-0.05, 0) is 30.7 Å². The molecule has 0 unspecified atom stereocenters. The van der Waals surface area contributed by atoms with Crippen molar-refractivity contribution in [3.05, 3.63) is 65.0 Å². The normalized spacial score (nSPS) is 11.5. The molecule has 0 fully saturated rings. The fourth-order valence-electron chi connectivity index (χ4n) is 2.24. The van der Waals surface area contributed by atoms with Gasteiger partial charge in [0.25, 0.3) is 0 Å². The summed E-state index contributed by atoms with van der Waals surface area (Å²) < 4.78 is 42.4. The minimum Gasteiger partial charge on any atom is -0.434 e. The van der Waals surface area contributed by atoms with Crippen LogP contribution in [0.4, 0.5) is 13.2 Å². The van der Waals surface area contributed by atoms with Crippen LogP contribution in [0.1, 0.15) is 16.7 Å². The summed E-state index contributed by atoms with van der Waals surface area (Å²) in [5.41, 5.74) is 2.43. The Hall–Kier alpha value is -2.70. The molecular weight excluding hydrogens is 331 g/mol. The number of halogens is 3. The molecule has 2 rings (SSSR count). The van der Waals surface area contributed by atoms with Crippen molar-refractivity contribution < 1.29 is 17.9 Å².